The molecule has 72 valence electrons. The Labute approximate surface area is 72.9 Å². The molecular formula is C8H17NO3. The number of carbonyl (C=O) groups excluding carboxylic acids is 1. The first-order valence-electron chi connectivity index (χ1n) is 4.14. The third kappa shape index (κ3) is 6.12. The minimum absolute atomic E-state index is 0.0855. The summed E-state index contributed by atoms with van der Waals surface area (Å²) < 4.78 is 4.61. The summed E-state index contributed by atoms with van der Waals surface area (Å²) in [5.41, 5.74) is 0. The van der Waals surface area contributed by atoms with Crippen molar-refractivity contribution in [2.75, 3.05) is 20.3 Å². The molecule has 0 aromatic heterocycles. The molecule has 0 spiro atoms. The Morgan fingerprint density at radius 2 is 2.33 bits per heavy atom. The summed E-state index contributed by atoms with van der Waals surface area (Å²) in [4.78, 5) is 10.8. The van der Waals surface area contributed by atoms with Gasteiger partial charge in [-0.3, -0.25) is 4.79 Å². The van der Waals surface area contributed by atoms with Gasteiger partial charge in [-0.15, -0.1) is 0 Å². The molecule has 0 aromatic rings. The summed E-state index contributed by atoms with van der Waals surface area (Å²) in [5.74, 6) is -0.138. The minimum Gasteiger partial charge on any atom is -0.393 e. The molecule has 0 aliphatic carbocycles. The van der Waals surface area contributed by atoms with E-state index in [1.165, 1.54) is 7.11 Å². The van der Waals surface area contributed by atoms with Crippen molar-refractivity contribution in [1.82, 2.24) is 5.32 Å². The lowest BCUT2D eigenvalue weighted by Gasteiger charge is -2.07. The fourth-order valence-corrected chi connectivity index (χ4v) is 0.764. The van der Waals surface area contributed by atoms with Crippen molar-refractivity contribution in [2.45, 2.75) is 25.9 Å². The standard InChI is InChI=1S/C8H17NO3/c1-3-7(10)4-5-9-8(11)6-12-2/h7,10H,3-6H2,1-2H3,(H,9,11). The second kappa shape index (κ2) is 7.06. The number of aliphatic hydroxyl groups is 1. The molecule has 0 bridgehead atoms. The molecule has 0 heterocycles. The van der Waals surface area contributed by atoms with Crippen molar-refractivity contribution < 1.29 is 14.6 Å². The van der Waals surface area contributed by atoms with Crippen LogP contribution >= 0.6 is 0 Å². The number of hydrogen-bond acceptors (Lipinski definition) is 3. The zero-order valence-corrected chi connectivity index (χ0v) is 7.67. The predicted octanol–water partition coefficient (Wildman–Crippen LogP) is -0.0900. The van der Waals surface area contributed by atoms with Gasteiger partial charge >= 0.3 is 0 Å². The topological polar surface area (TPSA) is 58.6 Å². The molecule has 0 aliphatic heterocycles. The number of amides is 1. The maximum Gasteiger partial charge on any atom is 0.245 e. The highest BCUT2D eigenvalue weighted by molar-refractivity contribution is 5.77. The number of rotatable bonds is 6. The van der Waals surface area contributed by atoms with Crippen molar-refractivity contribution in [3.05, 3.63) is 0 Å². The van der Waals surface area contributed by atoms with Crippen LogP contribution in [0.15, 0.2) is 0 Å². The highest BCUT2D eigenvalue weighted by Crippen LogP contribution is 1.93. The molecule has 12 heavy (non-hydrogen) atoms. The molecule has 4 nitrogen and oxygen atoms in total. The van der Waals surface area contributed by atoms with Gasteiger partial charge in [0, 0.05) is 13.7 Å². The van der Waals surface area contributed by atoms with Crippen LogP contribution in [0.3, 0.4) is 0 Å². The fraction of sp³-hybridized carbons (Fsp3) is 0.875. The maximum absolute atomic E-state index is 10.8. The van der Waals surface area contributed by atoms with Crippen LogP contribution in [0.25, 0.3) is 0 Å². The van der Waals surface area contributed by atoms with Gasteiger partial charge in [-0.1, -0.05) is 6.92 Å². The molecule has 0 aliphatic rings. The number of carbonyl (C=O) groups is 1. The van der Waals surface area contributed by atoms with E-state index in [0.717, 1.165) is 6.42 Å². The monoisotopic (exact) mass is 175 g/mol. The van der Waals surface area contributed by atoms with Crippen LogP contribution in [0.5, 0.6) is 0 Å². The average Bonchev–Trinajstić information content (AvgIpc) is 2.04. The lowest BCUT2D eigenvalue weighted by atomic mass is 10.2. The summed E-state index contributed by atoms with van der Waals surface area (Å²) in [6.07, 6.45) is 1.01. The maximum atomic E-state index is 10.8. The van der Waals surface area contributed by atoms with Gasteiger partial charge in [0.05, 0.1) is 6.10 Å². The van der Waals surface area contributed by atoms with Gasteiger partial charge in [-0.05, 0) is 12.8 Å². The smallest absolute Gasteiger partial charge is 0.245 e. The highest BCUT2D eigenvalue weighted by atomic mass is 16.5. The largest absolute Gasteiger partial charge is 0.393 e. The molecule has 0 fully saturated rings. The van der Waals surface area contributed by atoms with E-state index in [9.17, 15) is 4.79 Å². The molecule has 0 rings (SSSR count). The minimum atomic E-state index is -0.312. The van der Waals surface area contributed by atoms with Crippen molar-refractivity contribution >= 4 is 5.91 Å². The van der Waals surface area contributed by atoms with Gasteiger partial charge in [0.1, 0.15) is 6.61 Å². The zero-order chi connectivity index (χ0) is 9.40. The van der Waals surface area contributed by atoms with Crippen molar-refractivity contribution in [1.29, 1.82) is 0 Å². The van der Waals surface area contributed by atoms with E-state index < -0.39 is 0 Å². The normalized spacial score (nSPS) is 12.6. The summed E-state index contributed by atoms with van der Waals surface area (Å²) in [7, 11) is 1.47. The van der Waals surface area contributed by atoms with Gasteiger partial charge < -0.3 is 15.2 Å². The summed E-state index contributed by atoms with van der Waals surface area (Å²) >= 11 is 0. The average molecular weight is 175 g/mol. The SMILES string of the molecule is CCC(O)CCNC(=O)COC. The molecule has 0 aromatic carbocycles. The first-order valence-corrected chi connectivity index (χ1v) is 4.14. The summed E-state index contributed by atoms with van der Waals surface area (Å²) in [6.45, 7) is 2.50. The molecule has 0 saturated heterocycles. The van der Waals surface area contributed by atoms with Crippen LogP contribution in [0.2, 0.25) is 0 Å². The van der Waals surface area contributed by atoms with Crippen molar-refractivity contribution in [3.63, 3.8) is 0 Å². The lowest BCUT2D eigenvalue weighted by molar-refractivity contribution is -0.124. The van der Waals surface area contributed by atoms with Gasteiger partial charge in [0.15, 0.2) is 0 Å². The van der Waals surface area contributed by atoms with E-state index in [4.69, 9.17) is 5.11 Å². The van der Waals surface area contributed by atoms with Crippen LogP contribution in [-0.2, 0) is 9.53 Å². The quantitative estimate of drug-likeness (QED) is 0.593. The second-order valence-electron chi connectivity index (χ2n) is 2.63. The zero-order valence-electron chi connectivity index (χ0n) is 7.67. The van der Waals surface area contributed by atoms with Gasteiger partial charge in [-0.25, -0.2) is 0 Å². The van der Waals surface area contributed by atoms with E-state index in [1.807, 2.05) is 6.92 Å². The Kier molecular flexibility index (Phi) is 6.70. The van der Waals surface area contributed by atoms with Gasteiger partial charge in [0.2, 0.25) is 5.91 Å². The van der Waals surface area contributed by atoms with Crippen LogP contribution < -0.4 is 5.32 Å². The van der Waals surface area contributed by atoms with Gasteiger partial charge in [0.25, 0.3) is 0 Å². The molecule has 0 saturated carbocycles. The summed E-state index contributed by atoms with van der Waals surface area (Å²) in [5, 5.41) is 11.7. The lowest BCUT2D eigenvalue weighted by Crippen LogP contribution is -2.29. The molecule has 0 radical (unpaired) electrons. The van der Waals surface area contributed by atoms with E-state index in [1.54, 1.807) is 0 Å². The first kappa shape index (κ1) is 11.4. The highest BCUT2D eigenvalue weighted by Gasteiger charge is 2.02. The Morgan fingerprint density at radius 3 is 2.83 bits per heavy atom. The Bertz CT molecular complexity index is 127. The molecule has 1 unspecified atom stereocenters. The van der Waals surface area contributed by atoms with E-state index >= 15 is 0 Å². The molecule has 4 heteroatoms. The van der Waals surface area contributed by atoms with Crippen molar-refractivity contribution in [2.24, 2.45) is 0 Å². The van der Waals surface area contributed by atoms with Crippen LogP contribution in [0.1, 0.15) is 19.8 Å². The number of nitrogens with one attached hydrogen (secondary N) is 1. The van der Waals surface area contributed by atoms with E-state index in [-0.39, 0.29) is 18.6 Å². The third-order valence-electron chi connectivity index (χ3n) is 1.55. The van der Waals surface area contributed by atoms with Gasteiger partial charge in [-0.2, -0.15) is 0 Å². The molecule has 2 N–H and O–H groups in total. The van der Waals surface area contributed by atoms with Crippen molar-refractivity contribution in [3.8, 4) is 0 Å². The molecule has 1 atom stereocenters. The number of methoxy groups -OCH3 is 1. The fourth-order valence-electron chi connectivity index (χ4n) is 0.764. The van der Waals surface area contributed by atoms with Crippen LogP contribution in [0, 0.1) is 0 Å². The van der Waals surface area contributed by atoms with Crippen LogP contribution in [-0.4, -0.2) is 37.4 Å². The second-order valence-corrected chi connectivity index (χ2v) is 2.63. The first-order chi connectivity index (χ1) is 5.70. The summed E-state index contributed by atoms with van der Waals surface area (Å²) in [6, 6.07) is 0. The predicted molar refractivity (Wildman–Crippen MR) is 45.8 cm³/mol. The van der Waals surface area contributed by atoms with E-state index in [0.29, 0.717) is 13.0 Å². The Balaban J connectivity index is 3.24. The Hall–Kier alpha value is -0.610. The number of aliphatic hydroxyl groups excluding tert-OH is 1. The third-order valence-corrected chi connectivity index (χ3v) is 1.55. The number of ether oxygens (including phenoxy) is 1. The van der Waals surface area contributed by atoms with Crippen LogP contribution in [0.4, 0.5) is 0 Å². The molecular weight excluding hydrogens is 158 g/mol. The van der Waals surface area contributed by atoms with E-state index in [2.05, 4.69) is 10.1 Å². The number of hydrogen-bond donors (Lipinski definition) is 2. The Morgan fingerprint density at radius 1 is 1.67 bits per heavy atom. The molecule has 1 amide bonds.